The number of benzene rings is 3. The molecule has 0 radical (unpaired) electrons. The third-order valence-corrected chi connectivity index (χ3v) is 7.70. The van der Waals surface area contributed by atoms with Crippen LogP contribution in [0.4, 0.5) is 8.78 Å². The van der Waals surface area contributed by atoms with Crippen LogP contribution >= 0.6 is 0 Å². The fourth-order valence-corrected chi connectivity index (χ4v) is 5.65. The van der Waals surface area contributed by atoms with E-state index < -0.39 is 47.6 Å². The predicted molar refractivity (Wildman–Crippen MR) is 154 cm³/mol. The molecule has 218 valence electrons. The van der Waals surface area contributed by atoms with Crippen molar-refractivity contribution in [3.63, 3.8) is 0 Å². The Morgan fingerprint density at radius 3 is 2.63 bits per heavy atom. The maximum absolute atomic E-state index is 15.8. The molecule has 2 aromatic heterocycles. The number of amides is 1. The van der Waals surface area contributed by atoms with E-state index in [0.717, 1.165) is 10.1 Å². The zero-order valence-electron chi connectivity index (χ0n) is 23.2. The second kappa shape index (κ2) is 10.9. The first-order valence-corrected chi connectivity index (χ1v) is 13.5. The van der Waals surface area contributed by atoms with E-state index in [2.05, 4.69) is 5.32 Å². The van der Waals surface area contributed by atoms with Gasteiger partial charge in [0.15, 0.2) is 0 Å². The standard InChI is InChI=1S/C33H26F2N2O6/c1-17-4-3-5-27-29(17)20-12-18(2)30(35)23(14-20)25(15-28(38)39)36-32(40)31(22-13-19(16-43-27)6-7-24(22)34)37-10-8-26-21(33(37)41)9-11-42-26/h3-14,25,31H,15-16H2,1-2H3,(H,36,40)(H,38,39)/t25-,31+/m0/s1. The van der Waals surface area contributed by atoms with Gasteiger partial charge in [-0.25, -0.2) is 8.78 Å². The van der Waals surface area contributed by atoms with Crippen molar-refractivity contribution in [3.8, 4) is 16.9 Å². The van der Waals surface area contributed by atoms with Crippen molar-refractivity contribution in [2.45, 2.75) is 39.0 Å². The molecule has 0 saturated heterocycles. The van der Waals surface area contributed by atoms with Crippen LogP contribution in [0.15, 0.2) is 82.3 Å². The molecule has 1 aliphatic heterocycles. The Morgan fingerprint density at radius 2 is 1.84 bits per heavy atom. The highest BCUT2D eigenvalue weighted by Gasteiger charge is 2.32. The summed E-state index contributed by atoms with van der Waals surface area (Å²) in [6, 6.07) is 12.7. The molecule has 2 atom stereocenters. The Labute approximate surface area is 244 Å². The summed E-state index contributed by atoms with van der Waals surface area (Å²) in [5.41, 5.74) is 2.25. The number of aryl methyl sites for hydroxylation is 2. The van der Waals surface area contributed by atoms with E-state index in [1.54, 1.807) is 19.1 Å². The quantitative estimate of drug-likeness (QED) is 0.270. The van der Waals surface area contributed by atoms with Crippen molar-refractivity contribution in [3.05, 3.63) is 123 Å². The Kier molecular flexibility index (Phi) is 7.05. The molecule has 0 unspecified atom stereocenters. The van der Waals surface area contributed by atoms with Gasteiger partial charge in [0, 0.05) is 22.9 Å². The number of carbonyl (C=O) groups excluding carboxylic acids is 1. The number of aliphatic carboxylic acids is 1. The third-order valence-electron chi connectivity index (χ3n) is 7.70. The van der Waals surface area contributed by atoms with Gasteiger partial charge in [0.1, 0.15) is 35.6 Å². The fourth-order valence-electron chi connectivity index (χ4n) is 5.65. The van der Waals surface area contributed by atoms with Gasteiger partial charge < -0.3 is 19.6 Å². The van der Waals surface area contributed by atoms with E-state index in [1.165, 1.54) is 48.9 Å². The highest BCUT2D eigenvalue weighted by Crippen LogP contribution is 2.38. The van der Waals surface area contributed by atoms with Crippen LogP contribution in [0.2, 0.25) is 0 Å². The molecular weight excluding hydrogens is 558 g/mol. The average Bonchev–Trinajstić information content (AvgIpc) is 3.45. The number of hydrogen-bond donors (Lipinski definition) is 2. The van der Waals surface area contributed by atoms with Gasteiger partial charge in [0.2, 0.25) is 5.91 Å². The lowest BCUT2D eigenvalue weighted by atomic mass is 9.91. The summed E-state index contributed by atoms with van der Waals surface area (Å²) >= 11 is 0. The molecule has 0 spiro atoms. The zero-order chi connectivity index (χ0) is 30.4. The van der Waals surface area contributed by atoms with Gasteiger partial charge in [-0.1, -0.05) is 18.2 Å². The monoisotopic (exact) mass is 584 g/mol. The second-order valence-corrected chi connectivity index (χ2v) is 10.6. The van der Waals surface area contributed by atoms with E-state index in [1.807, 2.05) is 19.1 Å². The number of halogens is 2. The first kappa shape index (κ1) is 27.9. The van der Waals surface area contributed by atoms with E-state index in [-0.39, 0.29) is 34.3 Å². The molecule has 2 N–H and O–H groups in total. The molecule has 1 amide bonds. The molecule has 8 nitrogen and oxygen atoms in total. The van der Waals surface area contributed by atoms with Crippen molar-refractivity contribution < 1.29 is 32.6 Å². The SMILES string of the molecule is Cc1cc2cc(c1F)[C@H](CC(=O)O)NC(=O)[C@H](n1ccc3occc3c1=O)c1cc(ccc1F)COc1cccc(C)c1-2. The Balaban J connectivity index is 1.62. The molecule has 43 heavy (non-hydrogen) atoms. The molecule has 6 rings (SSSR count). The van der Waals surface area contributed by atoms with E-state index in [9.17, 15) is 19.5 Å². The first-order chi connectivity index (χ1) is 20.6. The summed E-state index contributed by atoms with van der Waals surface area (Å²) in [5, 5.41) is 12.6. The van der Waals surface area contributed by atoms with Gasteiger partial charge in [0.05, 0.1) is 24.1 Å². The van der Waals surface area contributed by atoms with Crippen LogP contribution in [0.1, 0.15) is 46.3 Å². The maximum Gasteiger partial charge on any atom is 0.305 e. The molecule has 3 aromatic carbocycles. The van der Waals surface area contributed by atoms with Gasteiger partial charge in [0.25, 0.3) is 5.56 Å². The first-order valence-electron chi connectivity index (χ1n) is 13.5. The van der Waals surface area contributed by atoms with Crippen LogP contribution in [0, 0.1) is 25.5 Å². The number of carboxylic acids is 1. The van der Waals surface area contributed by atoms with Crippen LogP contribution in [-0.4, -0.2) is 21.6 Å². The number of nitrogens with zero attached hydrogens (tertiary/aromatic N) is 1. The molecule has 0 aliphatic carbocycles. The Bertz CT molecular complexity index is 1980. The van der Waals surface area contributed by atoms with Crippen molar-refractivity contribution in [1.82, 2.24) is 9.88 Å². The third kappa shape index (κ3) is 5.05. The van der Waals surface area contributed by atoms with Crippen LogP contribution in [0.25, 0.3) is 22.1 Å². The number of nitrogens with one attached hydrogen (secondary N) is 1. The van der Waals surface area contributed by atoms with Crippen LogP contribution < -0.4 is 15.6 Å². The maximum atomic E-state index is 15.8. The van der Waals surface area contributed by atoms with E-state index in [0.29, 0.717) is 22.4 Å². The van der Waals surface area contributed by atoms with Crippen molar-refractivity contribution in [2.75, 3.05) is 0 Å². The summed E-state index contributed by atoms with van der Waals surface area (Å²) in [6.45, 7) is 3.42. The van der Waals surface area contributed by atoms with Gasteiger partial charge in [-0.3, -0.25) is 19.0 Å². The summed E-state index contributed by atoms with van der Waals surface area (Å²) in [6.07, 6.45) is 1.96. The normalized spacial score (nSPS) is 16.6. The number of ether oxygens (including phenoxy) is 1. The fraction of sp³-hybridized carbons (Fsp3) is 0.182. The minimum absolute atomic E-state index is 0.00239. The van der Waals surface area contributed by atoms with Crippen LogP contribution in [-0.2, 0) is 16.2 Å². The number of furan rings is 1. The van der Waals surface area contributed by atoms with Gasteiger partial charge in [-0.05, 0) is 78.6 Å². The Morgan fingerprint density at radius 1 is 1.02 bits per heavy atom. The molecule has 1 aliphatic rings. The van der Waals surface area contributed by atoms with Crippen LogP contribution in [0.5, 0.6) is 5.75 Å². The molecule has 0 fully saturated rings. The van der Waals surface area contributed by atoms with Crippen LogP contribution in [0.3, 0.4) is 0 Å². The molecular formula is C33H26F2N2O6. The summed E-state index contributed by atoms with van der Waals surface area (Å²) in [5.74, 6) is -3.18. The number of carboxylic acid groups (broad SMARTS) is 1. The molecule has 0 saturated carbocycles. The number of fused-ring (bicyclic) bond motifs is 7. The largest absolute Gasteiger partial charge is 0.488 e. The molecule has 5 aromatic rings. The highest BCUT2D eigenvalue weighted by atomic mass is 19.1. The van der Waals surface area contributed by atoms with Gasteiger partial charge in [-0.15, -0.1) is 0 Å². The summed E-state index contributed by atoms with van der Waals surface area (Å²) < 4.78 is 43.9. The van der Waals surface area contributed by atoms with Gasteiger partial charge in [-0.2, -0.15) is 0 Å². The highest BCUT2D eigenvalue weighted by molar-refractivity contribution is 5.86. The van der Waals surface area contributed by atoms with Crippen molar-refractivity contribution in [1.29, 1.82) is 0 Å². The lowest BCUT2D eigenvalue weighted by Crippen LogP contribution is -2.40. The molecule has 10 heteroatoms. The van der Waals surface area contributed by atoms with E-state index in [4.69, 9.17) is 9.15 Å². The summed E-state index contributed by atoms with van der Waals surface area (Å²) in [4.78, 5) is 39.6. The lowest BCUT2D eigenvalue weighted by molar-refractivity contribution is -0.137. The van der Waals surface area contributed by atoms with Gasteiger partial charge >= 0.3 is 5.97 Å². The minimum Gasteiger partial charge on any atom is -0.488 e. The van der Waals surface area contributed by atoms with E-state index >= 15 is 8.78 Å². The number of pyridine rings is 1. The Hall–Kier alpha value is -5.25. The summed E-state index contributed by atoms with van der Waals surface area (Å²) in [7, 11) is 0. The number of aromatic nitrogens is 1. The topological polar surface area (TPSA) is 111 Å². The predicted octanol–water partition coefficient (Wildman–Crippen LogP) is 5.97. The smallest absolute Gasteiger partial charge is 0.305 e. The molecule has 3 heterocycles. The lowest BCUT2D eigenvalue weighted by Gasteiger charge is -2.26. The number of rotatable bonds is 3. The minimum atomic E-state index is -1.58. The van der Waals surface area contributed by atoms with Crippen molar-refractivity contribution in [2.24, 2.45) is 0 Å². The second-order valence-electron chi connectivity index (χ2n) is 10.6. The van der Waals surface area contributed by atoms with Crippen molar-refractivity contribution >= 4 is 22.8 Å². The number of hydrogen-bond acceptors (Lipinski definition) is 5. The zero-order valence-corrected chi connectivity index (χ0v) is 23.2. The number of carbonyl (C=O) groups is 2. The average molecular weight is 585 g/mol. The molecule has 4 bridgehead atoms.